The lowest BCUT2D eigenvalue weighted by Crippen LogP contribution is -2.30. The number of benzene rings is 1. The number of carbonyl (C=O) groups excluding carboxylic acids is 1. The molecule has 0 radical (unpaired) electrons. The second-order valence-electron chi connectivity index (χ2n) is 2.50. The molecule has 0 aliphatic carbocycles. The van der Waals surface area contributed by atoms with E-state index in [1.807, 2.05) is 0 Å². The van der Waals surface area contributed by atoms with Crippen LogP contribution in [0.4, 0.5) is 0 Å². The maximum absolute atomic E-state index is 11.4. The highest BCUT2D eigenvalue weighted by Crippen LogP contribution is 2.10. The summed E-state index contributed by atoms with van der Waals surface area (Å²) in [6.45, 7) is 0. The summed E-state index contributed by atoms with van der Waals surface area (Å²) in [6.07, 6.45) is 0. The molecule has 0 atom stereocenters. The molecular formula is C9H9ClN2O2. The Bertz CT molecular complexity index is 366. The molecule has 0 aliphatic heterocycles. The molecule has 0 aromatic heterocycles. The highest BCUT2D eigenvalue weighted by atomic mass is 35.5. The third kappa shape index (κ3) is 2.74. The maximum Gasteiger partial charge on any atom is 0.288 e. The van der Waals surface area contributed by atoms with Gasteiger partial charge in [-0.05, 0) is 18.2 Å². The fourth-order valence-corrected chi connectivity index (χ4v) is 1.05. The summed E-state index contributed by atoms with van der Waals surface area (Å²) in [4.78, 5) is 11.4. The van der Waals surface area contributed by atoms with Crippen LogP contribution < -0.4 is 5.32 Å². The first-order chi connectivity index (χ1) is 6.63. The summed E-state index contributed by atoms with van der Waals surface area (Å²) >= 11 is 5.69. The highest BCUT2D eigenvalue weighted by Gasteiger charge is 2.07. The molecule has 14 heavy (non-hydrogen) atoms. The molecule has 0 bridgehead atoms. The van der Waals surface area contributed by atoms with Crippen LogP contribution in [0, 0.1) is 5.41 Å². The first kappa shape index (κ1) is 10.5. The first-order valence-electron chi connectivity index (χ1n) is 3.83. The predicted octanol–water partition coefficient (Wildman–Crippen LogP) is 1.65. The summed E-state index contributed by atoms with van der Waals surface area (Å²) in [5.41, 5.74) is 0.388. The van der Waals surface area contributed by atoms with E-state index in [1.165, 1.54) is 13.2 Å². The van der Waals surface area contributed by atoms with Gasteiger partial charge in [-0.25, -0.2) is 0 Å². The average Bonchev–Trinajstić information content (AvgIpc) is 2.17. The molecule has 1 rings (SSSR count). The summed E-state index contributed by atoms with van der Waals surface area (Å²) < 4.78 is 4.49. The van der Waals surface area contributed by atoms with E-state index in [4.69, 9.17) is 17.0 Å². The number of amides is 1. The van der Waals surface area contributed by atoms with Gasteiger partial charge in [0.1, 0.15) is 0 Å². The number of hydrogen-bond donors (Lipinski definition) is 2. The van der Waals surface area contributed by atoms with E-state index in [0.29, 0.717) is 10.6 Å². The third-order valence-corrected chi connectivity index (χ3v) is 1.75. The number of amidine groups is 1. The van der Waals surface area contributed by atoms with E-state index in [2.05, 4.69) is 10.1 Å². The largest absolute Gasteiger partial charge is 0.468 e. The van der Waals surface area contributed by atoms with E-state index in [1.54, 1.807) is 18.2 Å². The Morgan fingerprint density at radius 2 is 2.29 bits per heavy atom. The predicted molar refractivity (Wildman–Crippen MR) is 53.7 cm³/mol. The quantitative estimate of drug-likeness (QED) is 0.549. The summed E-state index contributed by atoms with van der Waals surface area (Å²) in [5.74, 6) is -0.417. The molecule has 0 heterocycles. The van der Waals surface area contributed by atoms with Gasteiger partial charge in [0.25, 0.3) is 11.9 Å². The van der Waals surface area contributed by atoms with Crippen LogP contribution >= 0.6 is 11.6 Å². The number of halogens is 1. The maximum atomic E-state index is 11.4. The van der Waals surface area contributed by atoms with Crippen molar-refractivity contribution in [2.75, 3.05) is 7.11 Å². The zero-order valence-electron chi connectivity index (χ0n) is 7.50. The highest BCUT2D eigenvalue weighted by molar-refractivity contribution is 6.31. The molecule has 1 amide bonds. The van der Waals surface area contributed by atoms with E-state index < -0.39 is 5.91 Å². The Kier molecular flexibility index (Phi) is 3.48. The minimum absolute atomic E-state index is 0.296. The number of rotatable bonds is 1. The SMILES string of the molecule is COC(=N)NC(=O)c1cccc(Cl)c1. The monoisotopic (exact) mass is 212 g/mol. The summed E-state index contributed by atoms with van der Waals surface area (Å²) in [7, 11) is 1.31. The topological polar surface area (TPSA) is 62.2 Å². The Morgan fingerprint density at radius 1 is 1.57 bits per heavy atom. The van der Waals surface area contributed by atoms with Gasteiger partial charge in [0.15, 0.2) is 0 Å². The molecule has 0 fully saturated rings. The Balaban J connectivity index is 2.75. The van der Waals surface area contributed by atoms with Crippen LogP contribution in [-0.4, -0.2) is 19.0 Å². The van der Waals surface area contributed by atoms with Crippen molar-refractivity contribution in [1.82, 2.24) is 5.32 Å². The Morgan fingerprint density at radius 3 is 2.86 bits per heavy atom. The summed E-state index contributed by atoms with van der Waals surface area (Å²) in [6, 6.07) is 6.15. The van der Waals surface area contributed by atoms with Crippen molar-refractivity contribution in [3.05, 3.63) is 34.9 Å². The molecule has 0 saturated carbocycles. The molecular weight excluding hydrogens is 204 g/mol. The van der Waals surface area contributed by atoms with E-state index in [0.717, 1.165) is 0 Å². The van der Waals surface area contributed by atoms with Gasteiger partial charge >= 0.3 is 0 Å². The summed E-state index contributed by atoms with van der Waals surface area (Å²) in [5, 5.41) is 9.79. The molecule has 2 N–H and O–H groups in total. The van der Waals surface area contributed by atoms with Crippen LogP contribution in [0.3, 0.4) is 0 Å². The molecule has 0 saturated heterocycles. The van der Waals surface area contributed by atoms with Crippen LogP contribution in [0.25, 0.3) is 0 Å². The van der Waals surface area contributed by atoms with Crippen molar-refractivity contribution >= 4 is 23.5 Å². The standard InChI is InChI=1S/C9H9ClN2O2/c1-14-9(11)12-8(13)6-3-2-4-7(10)5-6/h2-5H,1H3,(H2,11,12,13). The van der Waals surface area contributed by atoms with Crippen molar-refractivity contribution in [1.29, 1.82) is 5.41 Å². The fraction of sp³-hybridized carbons (Fsp3) is 0.111. The average molecular weight is 213 g/mol. The van der Waals surface area contributed by atoms with Crippen molar-refractivity contribution in [3.8, 4) is 0 Å². The molecule has 0 unspecified atom stereocenters. The number of hydrogen-bond acceptors (Lipinski definition) is 3. The zero-order chi connectivity index (χ0) is 10.6. The fourth-order valence-electron chi connectivity index (χ4n) is 0.856. The molecule has 1 aromatic carbocycles. The molecule has 5 heteroatoms. The smallest absolute Gasteiger partial charge is 0.288 e. The van der Waals surface area contributed by atoms with Crippen LogP contribution in [0.2, 0.25) is 5.02 Å². The first-order valence-corrected chi connectivity index (χ1v) is 4.20. The second-order valence-corrected chi connectivity index (χ2v) is 2.93. The van der Waals surface area contributed by atoms with Gasteiger partial charge < -0.3 is 4.74 Å². The number of methoxy groups -OCH3 is 1. The minimum atomic E-state index is -0.417. The molecule has 1 aromatic rings. The molecule has 74 valence electrons. The van der Waals surface area contributed by atoms with Crippen LogP contribution in [0.5, 0.6) is 0 Å². The van der Waals surface area contributed by atoms with Gasteiger partial charge in [-0.15, -0.1) is 0 Å². The minimum Gasteiger partial charge on any atom is -0.468 e. The second kappa shape index (κ2) is 4.62. The van der Waals surface area contributed by atoms with Crippen LogP contribution in [0.1, 0.15) is 10.4 Å². The lowest BCUT2D eigenvalue weighted by molar-refractivity contribution is 0.0968. The lowest BCUT2D eigenvalue weighted by Gasteiger charge is -2.04. The Hall–Kier alpha value is -1.55. The van der Waals surface area contributed by atoms with Gasteiger partial charge in [0.05, 0.1) is 7.11 Å². The third-order valence-electron chi connectivity index (χ3n) is 1.52. The van der Waals surface area contributed by atoms with Crippen molar-refractivity contribution in [2.45, 2.75) is 0 Å². The Labute approximate surface area is 86.3 Å². The van der Waals surface area contributed by atoms with Crippen LogP contribution in [-0.2, 0) is 4.74 Å². The van der Waals surface area contributed by atoms with E-state index in [-0.39, 0.29) is 6.02 Å². The van der Waals surface area contributed by atoms with Gasteiger partial charge in [0, 0.05) is 10.6 Å². The van der Waals surface area contributed by atoms with Crippen molar-refractivity contribution < 1.29 is 9.53 Å². The number of ether oxygens (including phenoxy) is 1. The normalized spacial score (nSPS) is 9.29. The van der Waals surface area contributed by atoms with E-state index >= 15 is 0 Å². The number of nitrogens with one attached hydrogen (secondary N) is 2. The van der Waals surface area contributed by atoms with E-state index in [9.17, 15) is 4.79 Å². The lowest BCUT2D eigenvalue weighted by atomic mass is 10.2. The van der Waals surface area contributed by atoms with Crippen LogP contribution in [0.15, 0.2) is 24.3 Å². The number of carbonyl (C=O) groups is 1. The van der Waals surface area contributed by atoms with Gasteiger partial charge in [0.2, 0.25) is 0 Å². The van der Waals surface area contributed by atoms with Gasteiger partial charge in [-0.3, -0.25) is 15.5 Å². The van der Waals surface area contributed by atoms with Gasteiger partial charge in [-0.2, -0.15) is 0 Å². The van der Waals surface area contributed by atoms with Gasteiger partial charge in [-0.1, -0.05) is 17.7 Å². The van der Waals surface area contributed by atoms with Crippen molar-refractivity contribution in [2.24, 2.45) is 0 Å². The van der Waals surface area contributed by atoms with Crippen molar-refractivity contribution in [3.63, 3.8) is 0 Å². The molecule has 0 spiro atoms. The molecule has 4 nitrogen and oxygen atoms in total. The zero-order valence-corrected chi connectivity index (χ0v) is 8.26. The molecule has 0 aliphatic rings.